The van der Waals surface area contributed by atoms with Crippen LogP contribution in [0.15, 0.2) is 71.8 Å². The monoisotopic (exact) mass is 463 g/mol. The topological polar surface area (TPSA) is 140 Å². The third-order valence-corrected chi connectivity index (χ3v) is 4.73. The van der Waals surface area contributed by atoms with Crippen molar-refractivity contribution in [3.05, 3.63) is 99.1 Å². The maximum absolute atomic E-state index is 12.1. The van der Waals surface area contributed by atoms with E-state index in [2.05, 4.69) is 10.5 Å². The number of ether oxygens (including phenoxy) is 2. The summed E-state index contributed by atoms with van der Waals surface area (Å²) in [7, 11) is 1.49. The van der Waals surface area contributed by atoms with Crippen molar-refractivity contribution in [3.8, 4) is 11.5 Å². The number of hydrazone groups is 1. The zero-order chi connectivity index (χ0) is 24.5. The first-order valence-electron chi connectivity index (χ1n) is 10.0. The predicted molar refractivity (Wildman–Crippen MR) is 123 cm³/mol. The van der Waals surface area contributed by atoms with Gasteiger partial charge in [0.1, 0.15) is 6.61 Å². The quantitative estimate of drug-likeness (QED) is 0.266. The Hall–Kier alpha value is -4.73. The molecule has 3 aromatic rings. The first-order chi connectivity index (χ1) is 16.4. The van der Waals surface area contributed by atoms with Gasteiger partial charge in [-0.1, -0.05) is 30.3 Å². The lowest BCUT2D eigenvalue weighted by molar-refractivity contribution is -0.385. The maximum Gasteiger partial charge on any atom is 0.335 e. The van der Waals surface area contributed by atoms with Crippen LogP contribution < -0.4 is 14.9 Å². The first kappa shape index (κ1) is 23.9. The van der Waals surface area contributed by atoms with E-state index in [4.69, 9.17) is 14.6 Å². The van der Waals surface area contributed by atoms with Crippen molar-refractivity contribution in [2.75, 3.05) is 7.11 Å². The largest absolute Gasteiger partial charge is 0.493 e. The number of benzene rings is 3. The highest BCUT2D eigenvalue weighted by molar-refractivity contribution is 5.87. The molecule has 3 rings (SSSR count). The molecule has 0 heterocycles. The molecular formula is C24H21N3O7. The van der Waals surface area contributed by atoms with Gasteiger partial charge in [0.15, 0.2) is 11.5 Å². The number of methoxy groups -OCH3 is 1. The second-order valence-electron chi connectivity index (χ2n) is 7.06. The van der Waals surface area contributed by atoms with Crippen LogP contribution in [-0.4, -0.2) is 35.2 Å². The SMILES string of the molecule is COc1cc(/C=N/NC(=O)Cc2ccccc2[N+](=O)[O-])ccc1OCc1ccc(C(=O)O)cc1. The number of hydrogen-bond acceptors (Lipinski definition) is 7. The number of carboxylic acids is 1. The summed E-state index contributed by atoms with van der Waals surface area (Å²) in [5.41, 5.74) is 4.13. The Morgan fingerprint density at radius 3 is 2.50 bits per heavy atom. The number of carboxylic acid groups (broad SMARTS) is 1. The summed E-state index contributed by atoms with van der Waals surface area (Å²) < 4.78 is 11.1. The minimum atomic E-state index is -0.996. The van der Waals surface area contributed by atoms with Crippen molar-refractivity contribution in [2.24, 2.45) is 5.10 Å². The highest BCUT2D eigenvalue weighted by Gasteiger charge is 2.15. The fourth-order valence-corrected chi connectivity index (χ4v) is 3.02. The van der Waals surface area contributed by atoms with Gasteiger partial charge in [-0.3, -0.25) is 14.9 Å². The number of para-hydroxylation sites is 1. The predicted octanol–water partition coefficient (Wildman–Crippen LogP) is 3.57. The number of hydrogen-bond donors (Lipinski definition) is 2. The van der Waals surface area contributed by atoms with E-state index in [-0.39, 0.29) is 24.3 Å². The molecule has 3 aromatic carbocycles. The average Bonchev–Trinajstić information content (AvgIpc) is 2.83. The van der Waals surface area contributed by atoms with Crippen LogP contribution >= 0.6 is 0 Å². The Bertz CT molecular complexity index is 1220. The molecule has 0 aliphatic heterocycles. The first-order valence-corrected chi connectivity index (χ1v) is 10.0. The van der Waals surface area contributed by atoms with Crippen molar-refractivity contribution in [1.29, 1.82) is 0 Å². The summed E-state index contributed by atoms with van der Waals surface area (Å²) >= 11 is 0. The number of nitrogens with zero attached hydrogens (tertiary/aromatic N) is 2. The molecular weight excluding hydrogens is 442 g/mol. The molecule has 10 nitrogen and oxygen atoms in total. The number of nitrogens with one attached hydrogen (secondary N) is 1. The van der Waals surface area contributed by atoms with Crippen LogP contribution in [0, 0.1) is 10.1 Å². The molecule has 0 fully saturated rings. The minimum Gasteiger partial charge on any atom is -0.493 e. The van der Waals surface area contributed by atoms with E-state index in [1.807, 2.05) is 0 Å². The summed E-state index contributed by atoms with van der Waals surface area (Å²) in [6.07, 6.45) is 1.23. The van der Waals surface area contributed by atoms with Crippen molar-refractivity contribution in [2.45, 2.75) is 13.0 Å². The van der Waals surface area contributed by atoms with E-state index in [0.717, 1.165) is 5.56 Å². The normalized spacial score (nSPS) is 10.6. The molecule has 0 atom stereocenters. The third-order valence-electron chi connectivity index (χ3n) is 4.73. The van der Waals surface area contributed by atoms with Gasteiger partial charge in [-0.15, -0.1) is 0 Å². The summed E-state index contributed by atoms with van der Waals surface area (Å²) in [4.78, 5) is 33.6. The summed E-state index contributed by atoms with van der Waals surface area (Å²) in [5, 5.41) is 23.9. The lowest BCUT2D eigenvalue weighted by Crippen LogP contribution is -2.20. The van der Waals surface area contributed by atoms with E-state index in [0.29, 0.717) is 22.6 Å². The molecule has 0 aliphatic rings. The van der Waals surface area contributed by atoms with Crippen molar-refractivity contribution in [3.63, 3.8) is 0 Å². The lowest BCUT2D eigenvalue weighted by Gasteiger charge is -2.11. The van der Waals surface area contributed by atoms with Crippen LogP contribution in [0.3, 0.4) is 0 Å². The van der Waals surface area contributed by atoms with E-state index in [1.165, 1.54) is 43.7 Å². The smallest absolute Gasteiger partial charge is 0.335 e. The number of aromatic carboxylic acids is 1. The van der Waals surface area contributed by atoms with Gasteiger partial charge in [-0.25, -0.2) is 10.2 Å². The number of amides is 1. The molecule has 0 aliphatic carbocycles. The molecule has 34 heavy (non-hydrogen) atoms. The molecule has 2 N–H and O–H groups in total. The summed E-state index contributed by atoms with van der Waals surface area (Å²) in [5.74, 6) is -0.574. The van der Waals surface area contributed by atoms with Crippen molar-refractivity contribution >= 4 is 23.8 Å². The number of rotatable bonds is 10. The highest BCUT2D eigenvalue weighted by Crippen LogP contribution is 2.28. The van der Waals surface area contributed by atoms with Crippen molar-refractivity contribution in [1.82, 2.24) is 5.43 Å². The zero-order valence-electron chi connectivity index (χ0n) is 18.1. The number of carbonyl (C=O) groups excluding carboxylic acids is 1. The molecule has 10 heteroatoms. The van der Waals surface area contributed by atoms with Gasteiger partial charge in [0.25, 0.3) is 5.69 Å². The fraction of sp³-hybridized carbons (Fsp3) is 0.125. The molecule has 0 aromatic heterocycles. The molecule has 0 saturated heterocycles. The van der Waals surface area contributed by atoms with Gasteiger partial charge in [0.2, 0.25) is 5.91 Å². The molecule has 0 unspecified atom stereocenters. The van der Waals surface area contributed by atoms with Crippen molar-refractivity contribution < 1.29 is 29.1 Å². The van der Waals surface area contributed by atoms with E-state index in [1.54, 1.807) is 36.4 Å². The molecule has 0 bridgehead atoms. The highest BCUT2D eigenvalue weighted by atomic mass is 16.6. The Kier molecular flexibility index (Phi) is 7.90. The average molecular weight is 463 g/mol. The maximum atomic E-state index is 12.1. The van der Waals surface area contributed by atoms with Crippen LogP contribution in [0.5, 0.6) is 11.5 Å². The van der Waals surface area contributed by atoms with E-state index < -0.39 is 16.8 Å². The Balaban J connectivity index is 1.59. The summed E-state index contributed by atoms with van der Waals surface area (Å²) in [6, 6.07) is 17.4. The molecule has 0 spiro atoms. The number of nitro benzene ring substituents is 1. The van der Waals surface area contributed by atoms with Crippen LogP contribution in [0.2, 0.25) is 0 Å². The third kappa shape index (κ3) is 6.39. The standard InChI is InChI=1S/C24H21N3O7/c1-33-22-12-17(8-11-21(22)34-15-16-6-9-18(10-7-16)24(29)30)14-25-26-23(28)13-19-4-2-3-5-20(19)27(31)32/h2-12,14H,13,15H2,1H3,(H,26,28)(H,29,30)/b25-14+. The molecule has 174 valence electrons. The van der Waals surface area contributed by atoms with Gasteiger partial charge in [0.05, 0.1) is 30.2 Å². The van der Waals surface area contributed by atoms with Gasteiger partial charge in [-0.05, 0) is 41.5 Å². The number of carbonyl (C=O) groups is 2. The lowest BCUT2D eigenvalue weighted by atomic mass is 10.1. The van der Waals surface area contributed by atoms with E-state index >= 15 is 0 Å². The second kappa shape index (κ2) is 11.2. The fourth-order valence-electron chi connectivity index (χ4n) is 3.02. The zero-order valence-corrected chi connectivity index (χ0v) is 18.1. The Morgan fingerprint density at radius 1 is 1.09 bits per heavy atom. The van der Waals surface area contributed by atoms with Crippen LogP contribution in [0.4, 0.5) is 5.69 Å². The second-order valence-corrected chi connectivity index (χ2v) is 7.06. The Labute approximate surface area is 194 Å². The van der Waals surface area contributed by atoms with Gasteiger partial charge in [0, 0.05) is 11.6 Å². The van der Waals surface area contributed by atoms with Gasteiger partial charge >= 0.3 is 5.97 Å². The number of nitro groups is 1. The minimum absolute atomic E-state index is 0.125. The molecule has 0 saturated carbocycles. The van der Waals surface area contributed by atoms with Crippen LogP contribution in [-0.2, 0) is 17.8 Å². The van der Waals surface area contributed by atoms with E-state index in [9.17, 15) is 19.7 Å². The van der Waals surface area contributed by atoms with Gasteiger partial charge < -0.3 is 14.6 Å². The molecule has 1 amide bonds. The Morgan fingerprint density at radius 2 is 1.82 bits per heavy atom. The molecule has 0 radical (unpaired) electrons. The van der Waals surface area contributed by atoms with Gasteiger partial charge in [-0.2, -0.15) is 5.10 Å². The summed E-state index contributed by atoms with van der Waals surface area (Å²) in [6.45, 7) is 0.214. The van der Waals surface area contributed by atoms with Crippen LogP contribution in [0.1, 0.15) is 27.0 Å². The van der Waals surface area contributed by atoms with Crippen LogP contribution in [0.25, 0.3) is 0 Å².